The third-order valence-corrected chi connectivity index (χ3v) is 3.78. The molecule has 1 aromatic carbocycles. The molecule has 0 saturated carbocycles. The lowest BCUT2D eigenvalue weighted by molar-refractivity contribution is -0.111. The van der Waals surface area contributed by atoms with Crippen LogP contribution in [0, 0.1) is 0 Å². The summed E-state index contributed by atoms with van der Waals surface area (Å²) in [7, 11) is 2.94. The first-order chi connectivity index (χ1) is 12.5. The quantitative estimate of drug-likeness (QED) is 0.697. The van der Waals surface area contributed by atoms with Gasteiger partial charge in [0.2, 0.25) is 5.91 Å². The van der Waals surface area contributed by atoms with Crippen molar-refractivity contribution >= 4 is 39.2 Å². The number of methoxy groups -OCH3 is 2. The topological polar surface area (TPSA) is 89.5 Å². The summed E-state index contributed by atoms with van der Waals surface area (Å²) in [5, 5.41) is 5.35. The molecule has 7 nitrogen and oxygen atoms in total. The van der Waals surface area contributed by atoms with E-state index in [1.807, 2.05) is 0 Å². The molecule has 0 aliphatic carbocycles. The average molecular weight is 420 g/mol. The molecule has 2 N–H and O–H groups in total. The van der Waals surface area contributed by atoms with Crippen LogP contribution in [0.3, 0.4) is 0 Å². The van der Waals surface area contributed by atoms with Gasteiger partial charge >= 0.3 is 0 Å². The molecule has 2 aromatic rings. The number of hydrogen-bond donors (Lipinski definition) is 2. The van der Waals surface area contributed by atoms with E-state index in [0.29, 0.717) is 23.0 Å². The minimum absolute atomic E-state index is 0.213. The summed E-state index contributed by atoms with van der Waals surface area (Å²) >= 11 is 3.29. The second-order valence-corrected chi connectivity index (χ2v) is 5.97. The number of ether oxygens (including phenoxy) is 2. The molecule has 1 heterocycles. The van der Waals surface area contributed by atoms with Crippen molar-refractivity contribution in [3.8, 4) is 11.5 Å². The Labute approximate surface area is 159 Å². The maximum Gasteiger partial charge on any atom is 0.259 e. The second-order valence-electron chi connectivity index (χ2n) is 5.06. The smallest absolute Gasteiger partial charge is 0.259 e. The zero-order valence-corrected chi connectivity index (χ0v) is 16.1. The van der Waals surface area contributed by atoms with Crippen LogP contribution in [0.1, 0.15) is 17.3 Å². The lowest BCUT2D eigenvalue weighted by Crippen LogP contribution is -2.18. The van der Waals surface area contributed by atoms with Crippen LogP contribution in [0.4, 0.5) is 11.5 Å². The van der Waals surface area contributed by atoms with E-state index in [4.69, 9.17) is 9.47 Å². The van der Waals surface area contributed by atoms with Gasteiger partial charge in [0.15, 0.2) is 11.5 Å². The summed E-state index contributed by atoms with van der Waals surface area (Å²) in [4.78, 5) is 28.7. The Bertz CT molecular complexity index is 835. The number of halogens is 1. The van der Waals surface area contributed by atoms with E-state index >= 15 is 0 Å². The van der Waals surface area contributed by atoms with Gasteiger partial charge in [0.1, 0.15) is 5.82 Å². The van der Waals surface area contributed by atoms with Crippen LogP contribution < -0.4 is 20.1 Å². The molecule has 2 rings (SSSR count). The molecule has 8 heteroatoms. The molecule has 2 amide bonds. The number of carbonyl (C=O) groups is 2. The maximum absolute atomic E-state index is 12.7. The number of amides is 2. The number of nitrogens with one attached hydrogen (secondary N) is 2. The number of benzene rings is 1. The summed E-state index contributed by atoms with van der Waals surface area (Å²) < 4.78 is 11.3. The third-order valence-electron chi connectivity index (χ3n) is 3.31. The molecule has 0 atom stereocenters. The summed E-state index contributed by atoms with van der Waals surface area (Å²) in [5.41, 5.74) is 0.505. The Morgan fingerprint density at radius 2 is 1.81 bits per heavy atom. The summed E-state index contributed by atoms with van der Waals surface area (Å²) in [6.45, 7) is 1.72. The molecular weight excluding hydrogens is 402 g/mol. The predicted octanol–water partition coefficient (Wildman–Crippen LogP) is 3.63. The number of hydrogen-bond acceptors (Lipinski definition) is 5. The van der Waals surface area contributed by atoms with Crippen molar-refractivity contribution in [2.24, 2.45) is 0 Å². The maximum atomic E-state index is 12.7. The Kier molecular flexibility index (Phi) is 6.74. The predicted molar refractivity (Wildman–Crippen MR) is 103 cm³/mol. The Morgan fingerprint density at radius 1 is 1.12 bits per heavy atom. The fraction of sp³-hybridized carbons (Fsp3) is 0.167. The molecule has 1 aromatic heterocycles. The third kappa shape index (κ3) is 4.82. The molecule has 0 spiro atoms. The number of nitrogens with zero attached hydrogens (tertiary/aromatic N) is 1. The van der Waals surface area contributed by atoms with E-state index in [1.165, 1.54) is 32.4 Å². The van der Waals surface area contributed by atoms with Gasteiger partial charge in [-0.25, -0.2) is 4.98 Å². The van der Waals surface area contributed by atoms with Gasteiger partial charge in [-0.1, -0.05) is 6.08 Å². The van der Waals surface area contributed by atoms with Crippen LogP contribution in [0.25, 0.3) is 0 Å². The highest BCUT2D eigenvalue weighted by Crippen LogP contribution is 2.33. The van der Waals surface area contributed by atoms with Crippen molar-refractivity contribution in [1.82, 2.24) is 4.98 Å². The first kappa shape index (κ1) is 19.5. The van der Waals surface area contributed by atoms with E-state index in [0.717, 1.165) is 4.47 Å². The van der Waals surface area contributed by atoms with Crippen molar-refractivity contribution in [3.05, 3.63) is 52.7 Å². The molecule has 0 unspecified atom stereocenters. The van der Waals surface area contributed by atoms with Crippen molar-refractivity contribution in [3.63, 3.8) is 0 Å². The van der Waals surface area contributed by atoms with E-state index in [2.05, 4.69) is 31.5 Å². The van der Waals surface area contributed by atoms with Crippen molar-refractivity contribution < 1.29 is 19.1 Å². The van der Waals surface area contributed by atoms with Crippen molar-refractivity contribution in [1.29, 1.82) is 0 Å². The molecule has 0 bridgehead atoms. The van der Waals surface area contributed by atoms with Crippen LogP contribution in [-0.4, -0.2) is 31.0 Å². The lowest BCUT2D eigenvalue weighted by Gasteiger charge is -2.15. The van der Waals surface area contributed by atoms with Crippen LogP contribution in [0.15, 0.2) is 47.1 Å². The Hall–Kier alpha value is -2.87. The zero-order chi connectivity index (χ0) is 19.1. The van der Waals surface area contributed by atoms with Crippen molar-refractivity contribution in [2.75, 3.05) is 24.9 Å². The normalized spacial score (nSPS) is 10.5. The van der Waals surface area contributed by atoms with Gasteiger partial charge in [-0.05, 0) is 47.1 Å². The van der Waals surface area contributed by atoms with Gasteiger partial charge < -0.3 is 20.1 Å². The Balaban J connectivity index is 2.40. The van der Waals surface area contributed by atoms with E-state index in [1.54, 1.807) is 31.3 Å². The molecule has 0 aliphatic rings. The van der Waals surface area contributed by atoms with E-state index < -0.39 is 5.91 Å². The standard InChI is InChI=1S/C18H18BrN3O4/c1-4-5-17(23)21-13-9-15(26-3)14(25-2)8-12(13)18(24)22-16-7-6-11(19)10-20-16/h4-10H,1-3H3,(H,21,23)(H,20,22,24)/b5-4+. The molecule has 136 valence electrons. The molecular formula is C18H18BrN3O4. The Morgan fingerprint density at radius 3 is 2.38 bits per heavy atom. The van der Waals surface area contributed by atoms with Crippen LogP contribution in [-0.2, 0) is 4.79 Å². The SMILES string of the molecule is C/C=C/C(=O)Nc1cc(OC)c(OC)cc1C(=O)Nc1ccc(Br)cn1. The highest BCUT2D eigenvalue weighted by atomic mass is 79.9. The highest BCUT2D eigenvalue weighted by Gasteiger charge is 2.18. The second kappa shape index (κ2) is 9.00. The monoisotopic (exact) mass is 419 g/mol. The fourth-order valence-electron chi connectivity index (χ4n) is 2.13. The average Bonchev–Trinajstić information content (AvgIpc) is 2.63. The molecule has 0 fully saturated rings. The minimum atomic E-state index is -0.448. The first-order valence-electron chi connectivity index (χ1n) is 7.61. The van der Waals surface area contributed by atoms with Gasteiger partial charge in [0.25, 0.3) is 5.91 Å². The summed E-state index contributed by atoms with van der Waals surface area (Å²) in [6, 6.07) is 6.44. The molecule has 0 saturated heterocycles. The van der Waals surface area contributed by atoms with Gasteiger partial charge in [-0.2, -0.15) is 0 Å². The summed E-state index contributed by atoms with van der Waals surface area (Å²) in [5.74, 6) is 0.317. The van der Waals surface area contributed by atoms with Gasteiger partial charge in [-0.3, -0.25) is 9.59 Å². The zero-order valence-electron chi connectivity index (χ0n) is 14.5. The van der Waals surface area contributed by atoms with E-state index in [-0.39, 0.29) is 11.5 Å². The van der Waals surface area contributed by atoms with Crippen LogP contribution in [0.2, 0.25) is 0 Å². The van der Waals surface area contributed by atoms with Crippen LogP contribution in [0.5, 0.6) is 11.5 Å². The molecule has 0 aliphatic heterocycles. The highest BCUT2D eigenvalue weighted by molar-refractivity contribution is 9.10. The number of anilines is 2. The van der Waals surface area contributed by atoms with Gasteiger partial charge in [-0.15, -0.1) is 0 Å². The number of aromatic nitrogens is 1. The molecule has 0 radical (unpaired) electrons. The lowest BCUT2D eigenvalue weighted by atomic mass is 10.1. The molecule has 26 heavy (non-hydrogen) atoms. The largest absolute Gasteiger partial charge is 0.493 e. The van der Waals surface area contributed by atoms with Crippen molar-refractivity contribution in [2.45, 2.75) is 6.92 Å². The van der Waals surface area contributed by atoms with Gasteiger partial charge in [0, 0.05) is 16.7 Å². The number of carbonyl (C=O) groups excluding carboxylic acids is 2. The number of pyridine rings is 1. The summed E-state index contributed by atoms with van der Waals surface area (Å²) in [6.07, 6.45) is 4.52. The fourth-order valence-corrected chi connectivity index (χ4v) is 2.36. The van der Waals surface area contributed by atoms with Crippen LogP contribution >= 0.6 is 15.9 Å². The number of rotatable bonds is 6. The van der Waals surface area contributed by atoms with Gasteiger partial charge in [0.05, 0.1) is 25.5 Å². The van der Waals surface area contributed by atoms with E-state index in [9.17, 15) is 9.59 Å². The minimum Gasteiger partial charge on any atom is -0.493 e. The first-order valence-corrected chi connectivity index (χ1v) is 8.40. The number of allylic oxidation sites excluding steroid dienone is 1.